The lowest BCUT2D eigenvalue weighted by molar-refractivity contribution is 0.159. The van der Waals surface area contributed by atoms with E-state index in [2.05, 4.69) is 43.3 Å². The van der Waals surface area contributed by atoms with Crippen LogP contribution in [0.1, 0.15) is 6.42 Å². The number of piperidine rings is 1. The Balaban J connectivity index is 2.40. The van der Waals surface area contributed by atoms with Crippen LogP contribution < -0.4 is 5.32 Å². The minimum Gasteiger partial charge on any atom is -0.314 e. The second-order valence-electron chi connectivity index (χ2n) is 4.13. The first-order chi connectivity index (χ1) is 5.61. The van der Waals surface area contributed by atoms with Crippen molar-refractivity contribution in [2.75, 3.05) is 41.3 Å². The molecule has 0 aromatic rings. The lowest BCUT2D eigenvalue weighted by Gasteiger charge is -2.37. The highest BCUT2D eigenvalue weighted by atomic mass is 15.2. The van der Waals surface area contributed by atoms with Gasteiger partial charge in [0.05, 0.1) is 0 Å². The molecule has 3 nitrogen and oxygen atoms in total. The number of likely N-dealkylation sites (N-methyl/N-ethyl adjacent to an activating group) is 2. The van der Waals surface area contributed by atoms with E-state index >= 15 is 0 Å². The number of hydrogen-bond acceptors (Lipinski definition) is 3. The molecule has 0 spiro atoms. The largest absolute Gasteiger partial charge is 0.314 e. The summed E-state index contributed by atoms with van der Waals surface area (Å²) >= 11 is 0. The van der Waals surface area contributed by atoms with Gasteiger partial charge in [0.1, 0.15) is 0 Å². The summed E-state index contributed by atoms with van der Waals surface area (Å²) in [5, 5.41) is 3.46. The summed E-state index contributed by atoms with van der Waals surface area (Å²) in [7, 11) is 8.63. The van der Waals surface area contributed by atoms with Crippen molar-refractivity contribution in [3.8, 4) is 0 Å². The lowest BCUT2D eigenvalue weighted by Crippen LogP contribution is -2.52. The third-order valence-electron chi connectivity index (χ3n) is 2.76. The van der Waals surface area contributed by atoms with Gasteiger partial charge in [-0.05, 0) is 34.6 Å². The van der Waals surface area contributed by atoms with Crippen molar-refractivity contribution in [1.29, 1.82) is 0 Å². The minimum atomic E-state index is 0.700. The summed E-state index contributed by atoms with van der Waals surface area (Å²) in [5.41, 5.74) is 0. The fraction of sp³-hybridized carbons (Fsp3) is 1.00. The van der Waals surface area contributed by atoms with Crippen molar-refractivity contribution in [3.05, 3.63) is 0 Å². The van der Waals surface area contributed by atoms with Crippen molar-refractivity contribution in [2.45, 2.75) is 18.5 Å². The fourth-order valence-electron chi connectivity index (χ4n) is 1.68. The van der Waals surface area contributed by atoms with Crippen LogP contribution in [0.25, 0.3) is 0 Å². The first-order valence-corrected chi connectivity index (χ1v) is 4.65. The van der Waals surface area contributed by atoms with Crippen LogP contribution in [0, 0.1) is 0 Å². The molecular formula is C9H21N3. The van der Waals surface area contributed by atoms with Crippen molar-refractivity contribution in [1.82, 2.24) is 15.1 Å². The van der Waals surface area contributed by atoms with Crippen LogP contribution >= 0.6 is 0 Å². The average molecular weight is 171 g/mol. The Morgan fingerprint density at radius 1 is 0.917 bits per heavy atom. The Morgan fingerprint density at radius 2 is 1.33 bits per heavy atom. The van der Waals surface area contributed by atoms with Gasteiger partial charge in [-0.2, -0.15) is 0 Å². The van der Waals surface area contributed by atoms with Crippen molar-refractivity contribution in [2.24, 2.45) is 0 Å². The zero-order valence-electron chi connectivity index (χ0n) is 8.67. The van der Waals surface area contributed by atoms with Gasteiger partial charge in [0.15, 0.2) is 0 Å². The van der Waals surface area contributed by atoms with E-state index < -0.39 is 0 Å². The molecule has 12 heavy (non-hydrogen) atoms. The summed E-state index contributed by atoms with van der Waals surface area (Å²) in [4.78, 5) is 4.62. The van der Waals surface area contributed by atoms with Gasteiger partial charge < -0.3 is 15.1 Å². The molecule has 1 aliphatic heterocycles. The summed E-state index contributed by atoms with van der Waals surface area (Å²) in [6.45, 7) is 2.27. The third kappa shape index (κ3) is 2.44. The van der Waals surface area contributed by atoms with Crippen molar-refractivity contribution < 1.29 is 0 Å². The van der Waals surface area contributed by atoms with Gasteiger partial charge in [0.2, 0.25) is 0 Å². The van der Waals surface area contributed by atoms with Crippen LogP contribution in [0.3, 0.4) is 0 Å². The lowest BCUT2D eigenvalue weighted by atomic mass is 10.0. The molecule has 1 fully saturated rings. The maximum Gasteiger partial charge on any atom is 0.0229 e. The van der Waals surface area contributed by atoms with E-state index in [0.717, 1.165) is 13.1 Å². The molecule has 2 atom stereocenters. The average Bonchev–Trinajstić information content (AvgIpc) is 2.04. The van der Waals surface area contributed by atoms with Gasteiger partial charge in [0, 0.05) is 25.2 Å². The maximum atomic E-state index is 3.46. The Labute approximate surface area is 75.7 Å². The highest BCUT2D eigenvalue weighted by Gasteiger charge is 2.23. The first kappa shape index (κ1) is 9.96. The maximum absolute atomic E-state index is 3.46. The molecule has 1 N–H and O–H groups in total. The van der Waals surface area contributed by atoms with Crippen LogP contribution in [0.4, 0.5) is 0 Å². The smallest absolute Gasteiger partial charge is 0.0229 e. The standard InChI is InChI=1S/C9H21N3/c1-11(2)8-5-9(12(3)4)7-10-6-8/h8-10H,5-7H2,1-4H3. The fourth-order valence-corrected chi connectivity index (χ4v) is 1.68. The van der Waals surface area contributed by atoms with Gasteiger partial charge in [-0.3, -0.25) is 0 Å². The van der Waals surface area contributed by atoms with Crippen LogP contribution in [-0.2, 0) is 0 Å². The number of rotatable bonds is 2. The zero-order chi connectivity index (χ0) is 9.14. The van der Waals surface area contributed by atoms with E-state index in [1.807, 2.05) is 0 Å². The highest BCUT2D eigenvalue weighted by molar-refractivity contribution is 4.84. The molecule has 0 saturated carbocycles. The predicted molar refractivity (Wildman–Crippen MR) is 52.4 cm³/mol. The number of hydrogen-bond donors (Lipinski definition) is 1. The van der Waals surface area contributed by atoms with Crippen LogP contribution in [0.5, 0.6) is 0 Å². The molecule has 2 unspecified atom stereocenters. The van der Waals surface area contributed by atoms with Crippen LogP contribution in [-0.4, -0.2) is 63.2 Å². The monoisotopic (exact) mass is 171 g/mol. The van der Waals surface area contributed by atoms with Crippen molar-refractivity contribution >= 4 is 0 Å². The Morgan fingerprint density at radius 3 is 1.67 bits per heavy atom. The molecule has 0 aromatic carbocycles. The van der Waals surface area contributed by atoms with Crippen LogP contribution in [0.15, 0.2) is 0 Å². The second kappa shape index (κ2) is 4.21. The molecule has 3 heteroatoms. The van der Waals surface area contributed by atoms with E-state index in [-0.39, 0.29) is 0 Å². The molecule has 1 heterocycles. The molecule has 0 bridgehead atoms. The SMILES string of the molecule is CN(C)C1CNCC(N(C)C)C1. The van der Waals surface area contributed by atoms with E-state index in [1.165, 1.54) is 6.42 Å². The predicted octanol–water partition coefficient (Wildman–Crippen LogP) is -0.160. The van der Waals surface area contributed by atoms with Gasteiger partial charge >= 0.3 is 0 Å². The van der Waals surface area contributed by atoms with E-state index in [4.69, 9.17) is 0 Å². The molecule has 1 aliphatic rings. The molecule has 1 saturated heterocycles. The second-order valence-corrected chi connectivity index (χ2v) is 4.13. The Bertz CT molecular complexity index is 120. The Kier molecular flexibility index (Phi) is 3.50. The van der Waals surface area contributed by atoms with Crippen LogP contribution in [0.2, 0.25) is 0 Å². The van der Waals surface area contributed by atoms with Crippen molar-refractivity contribution in [3.63, 3.8) is 0 Å². The third-order valence-corrected chi connectivity index (χ3v) is 2.76. The van der Waals surface area contributed by atoms with E-state index in [1.54, 1.807) is 0 Å². The molecule has 1 rings (SSSR count). The van der Waals surface area contributed by atoms with E-state index in [0.29, 0.717) is 12.1 Å². The van der Waals surface area contributed by atoms with Gasteiger partial charge in [0.25, 0.3) is 0 Å². The number of nitrogens with one attached hydrogen (secondary N) is 1. The quantitative estimate of drug-likeness (QED) is 0.623. The zero-order valence-corrected chi connectivity index (χ0v) is 8.67. The Hall–Kier alpha value is -0.120. The highest BCUT2D eigenvalue weighted by Crippen LogP contribution is 2.10. The molecule has 0 amide bonds. The topological polar surface area (TPSA) is 18.5 Å². The molecule has 0 aromatic heterocycles. The number of nitrogens with zero attached hydrogens (tertiary/aromatic N) is 2. The van der Waals surface area contributed by atoms with Gasteiger partial charge in [-0.1, -0.05) is 0 Å². The molecule has 0 aliphatic carbocycles. The molecular weight excluding hydrogens is 150 g/mol. The molecule has 0 radical (unpaired) electrons. The minimum absolute atomic E-state index is 0.700. The summed E-state index contributed by atoms with van der Waals surface area (Å²) in [6, 6.07) is 1.40. The summed E-state index contributed by atoms with van der Waals surface area (Å²) in [6.07, 6.45) is 1.28. The van der Waals surface area contributed by atoms with Gasteiger partial charge in [-0.25, -0.2) is 0 Å². The normalized spacial score (nSPS) is 31.5. The first-order valence-electron chi connectivity index (χ1n) is 4.65. The molecule has 72 valence electrons. The van der Waals surface area contributed by atoms with Gasteiger partial charge in [-0.15, -0.1) is 0 Å². The summed E-state index contributed by atoms with van der Waals surface area (Å²) in [5.74, 6) is 0. The summed E-state index contributed by atoms with van der Waals surface area (Å²) < 4.78 is 0. The van der Waals surface area contributed by atoms with E-state index in [9.17, 15) is 0 Å².